The minimum Gasteiger partial charge on any atom is -0.480 e. The van der Waals surface area contributed by atoms with Gasteiger partial charge in [0, 0.05) is 17.5 Å². The maximum absolute atomic E-state index is 12.4. The molecular formula is C17H15NO4. The van der Waals surface area contributed by atoms with Gasteiger partial charge in [0.05, 0.1) is 0 Å². The Morgan fingerprint density at radius 3 is 2.36 bits per heavy atom. The normalized spacial score (nSPS) is 18.1. The largest absolute Gasteiger partial charge is 0.480 e. The van der Waals surface area contributed by atoms with Crippen molar-refractivity contribution in [2.45, 2.75) is 18.7 Å². The first-order valence-corrected chi connectivity index (χ1v) is 6.96. The first kappa shape index (κ1) is 14.3. The van der Waals surface area contributed by atoms with Crippen LogP contribution in [0.2, 0.25) is 0 Å². The molecule has 2 atom stereocenters. The van der Waals surface area contributed by atoms with Crippen molar-refractivity contribution in [3.8, 4) is 0 Å². The molecule has 1 heterocycles. The Bertz CT molecular complexity index is 714. The van der Waals surface area contributed by atoms with Gasteiger partial charge in [-0.1, -0.05) is 48.5 Å². The van der Waals surface area contributed by atoms with Crippen LogP contribution in [-0.4, -0.2) is 33.0 Å². The lowest BCUT2D eigenvalue weighted by molar-refractivity contribution is -0.145. The number of amides is 1. The molecule has 0 saturated carbocycles. The summed E-state index contributed by atoms with van der Waals surface area (Å²) >= 11 is 0. The van der Waals surface area contributed by atoms with Gasteiger partial charge < -0.3 is 10.2 Å². The molecule has 1 amide bonds. The van der Waals surface area contributed by atoms with Gasteiger partial charge in [0.2, 0.25) is 0 Å². The molecule has 0 aliphatic carbocycles. The Balaban J connectivity index is 1.94. The van der Waals surface area contributed by atoms with E-state index in [1.807, 2.05) is 18.2 Å². The number of fused-ring (bicyclic) bond motifs is 1. The molecule has 5 nitrogen and oxygen atoms in total. The zero-order valence-electron chi connectivity index (χ0n) is 11.7. The number of carboxylic acid groups (broad SMARTS) is 1. The Kier molecular flexibility index (Phi) is 3.65. The number of rotatable bonds is 4. The van der Waals surface area contributed by atoms with E-state index in [1.165, 1.54) is 0 Å². The van der Waals surface area contributed by atoms with E-state index in [9.17, 15) is 19.8 Å². The third-order valence-electron chi connectivity index (χ3n) is 3.86. The second-order valence-corrected chi connectivity index (χ2v) is 5.22. The highest BCUT2D eigenvalue weighted by atomic mass is 16.4. The van der Waals surface area contributed by atoms with Crippen molar-refractivity contribution < 1.29 is 19.8 Å². The van der Waals surface area contributed by atoms with Crippen molar-refractivity contribution in [2.75, 3.05) is 0 Å². The number of benzene rings is 2. The van der Waals surface area contributed by atoms with E-state index in [1.54, 1.807) is 36.4 Å². The highest BCUT2D eigenvalue weighted by Crippen LogP contribution is 2.33. The van der Waals surface area contributed by atoms with Gasteiger partial charge in [0.15, 0.2) is 6.23 Å². The minimum absolute atomic E-state index is 0.146. The highest BCUT2D eigenvalue weighted by Gasteiger charge is 2.42. The fourth-order valence-corrected chi connectivity index (χ4v) is 2.77. The summed E-state index contributed by atoms with van der Waals surface area (Å²) < 4.78 is 0. The van der Waals surface area contributed by atoms with Gasteiger partial charge in [-0.3, -0.25) is 9.69 Å². The Labute approximate surface area is 127 Å². The predicted octanol–water partition coefficient (Wildman–Crippen LogP) is 1.83. The summed E-state index contributed by atoms with van der Waals surface area (Å²) in [6.45, 7) is 0. The maximum atomic E-state index is 12.4. The summed E-state index contributed by atoms with van der Waals surface area (Å²) in [5.74, 6) is -1.59. The van der Waals surface area contributed by atoms with Gasteiger partial charge in [0.25, 0.3) is 5.91 Å². The first-order valence-electron chi connectivity index (χ1n) is 6.96. The number of carbonyl (C=O) groups is 2. The standard InChI is InChI=1S/C17H15NO4/c19-15-12-8-4-5-9-13(12)16(20)18(15)14(17(21)22)10-11-6-2-1-3-7-11/h1-9,14-15,19H,10H2,(H,21,22). The summed E-state index contributed by atoms with van der Waals surface area (Å²) in [6, 6.07) is 14.6. The van der Waals surface area contributed by atoms with Crippen LogP contribution in [-0.2, 0) is 11.2 Å². The average Bonchev–Trinajstić information content (AvgIpc) is 2.78. The maximum Gasteiger partial charge on any atom is 0.326 e. The van der Waals surface area contributed by atoms with Crippen molar-refractivity contribution in [1.29, 1.82) is 0 Å². The molecule has 2 aromatic rings. The molecule has 3 rings (SSSR count). The number of nitrogens with zero attached hydrogens (tertiary/aromatic N) is 1. The summed E-state index contributed by atoms with van der Waals surface area (Å²) in [5.41, 5.74) is 1.60. The molecule has 2 N–H and O–H groups in total. The third-order valence-corrected chi connectivity index (χ3v) is 3.86. The number of carbonyl (C=O) groups excluding carboxylic acids is 1. The van der Waals surface area contributed by atoms with E-state index in [2.05, 4.69) is 0 Å². The molecule has 112 valence electrons. The summed E-state index contributed by atoms with van der Waals surface area (Å²) in [6.07, 6.45) is -1.08. The predicted molar refractivity (Wildman–Crippen MR) is 79.1 cm³/mol. The average molecular weight is 297 g/mol. The summed E-state index contributed by atoms with van der Waals surface area (Å²) in [4.78, 5) is 25.1. The number of aliphatic hydroxyl groups excluding tert-OH is 1. The van der Waals surface area contributed by atoms with Gasteiger partial charge in [0.1, 0.15) is 6.04 Å². The number of hydrogen-bond donors (Lipinski definition) is 2. The lowest BCUT2D eigenvalue weighted by Gasteiger charge is -2.27. The van der Waals surface area contributed by atoms with E-state index in [4.69, 9.17) is 0 Å². The van der Waals surface area contributed by atoms with Gasteiger partial charge in [-0.25, -0.2) is 4.79 Å². The first-order chi connectivity index (χ1) is 10.6. The second-order valence-electron chi connectivity index (χ2n) is 5.22. The van der Waals surface area contributed by atoms with E-state index in [0.29, 0.717) is 11.1 Å². The summed E-state index contributed by atoms with van der Waals surface area (Å²) in [7, 11) is 0. The molecule has 2 aromatic carbocycles. The monoisotopic (exact) mass is 297 g/mol. The molecule has 0 aromatic heterocycles. The van der Waals surface area contributed by atoms with Crippen LogP contribution in [0, 0.1) is 0 Å². The molecule has 0 bridgehead atoms. The molecule has 0 radical (unpaired) electrons. The Morgan fingerprint density at radius 2 is 1.73 bits per heavy atom. The molecule has 1 aliphatic heterocycles. The molecule has 0 saturated heterocycles. The highest BCUT2D eigenvalue weighted by molar-refractivity contribution is 6.01. The van der Waals surface area contributed by atoms with E-state index in [0.717, 1.165) is 10.5 Å². The van der Waals surface area contributed by atoms with Gasteiger partial charge in [-0.05, 0) is 11.6 Å². The quantitative estimate of drug-likeness (QED) is 0.902. The van der Waals surface area contributed by atoms with Crippen LogP contribution in [0.4, 0.5) is 0 Å². The van der Waals surface area contributed by atoms with Gasteiger partial charge >= 0.3 is 5.97 Å². The molecule has 0 fully saturated rings. The topological polar surface area (TPSA) is 77.8 Å². The molecule has 5 heteroatoms. The number of aliphatic hydroxyl groups is 1. The lowest BCUT2D eigenvalue weighted by atomic mass is 10.0. The van der Waals surface area contributed by atoms with Crippen LogP contribution in [0.3, 0.4) is 0 Å². The van der Waals surface area contributed by atoms with Crippen molar-refractivity contribution >= 4 is 11.9 Å². The van der Waals surface area contributed by atoms with Crippen LogP contribution in [0.1, 0.15) is 27.7 Å². The van der Waals surface area contributed by atoms with E-state index in [-0.39, 0.29) is 6.42 Å². The van der Waals surface area contributed by atoms with Crippen molar-refractivity contribution in [3.05, 3.63) is 71.3 Å². The Morgan fingerprint density at radius 1 is 1.09 bits per heavy atom. The molecule has 22 heavy (non-hydrogen) atoms. The Hall–Kier alpha value is -2.66. The second kappa shape index (κ2) is 5.61. The number of hydrogen-bond acceptors (Lipinski definition) is 3. The summed E-state index contributed by atoms with van der Waals surface area (Å²) in [5, 5.41) is 19.9. The number of carboxylic acids is 1. The minimum atomic E-state index is -1.23. The molecule has 0 spiro atoms. The molecular weight excluding hydrogens is 282 g/mol. The third kappa shape index (κ3) is 2.35. The van der Waals surface area contributed by atoms with Crippen LogP contribution >= 0.6 is 0 Å². The van der Waals surface area contributed by atoms with Crippen LogP contribution in [0.25, 0.3) is 0 Å². The zero-order valence-corrected chi connectivity index (χ0v) is 11.7. The van der Waals surface area contributed by atoms with Crippen LogP contribution in [0.5, 0.6) is 0 Å². The molecule has 2 unspecified atom stereocenters. The van der Waals surface area contributed by atoms with Gasteiger partial charge in [-0.15, -0.1) is 0 Å². The zero-order chi connectivity index (χ0) is 15.7. The lowest BCUT2D eigenvalue weighted by Crippen LogP contribution is -2.45. The fourth-order valence-electron chi connectivity index (χ4n) is 2.77. The van der Waals surface area contributed by atoms with E-state index >= 15 is 0 Å². The smallest absolute Gasteiger partial charge is 0.326 e. The number of aliphatic carboxylic acids is 1. The van der Waals surface area contributed by atoms with E-state index < -0.39 is 24.1 Å². The van der Waals surface area contributed by atoms with Gasteiger partial charge in [-0.2, -0.15) is 0 Å². The van der Waals surface area contributed by atoms with Crippen molar-refractivity contribution in [2.24, 2.45) is 0 Å². The van der Waals surface area contributed by atoms with Crippen molar-refractivity contribution in [3.63, 3.8) is 0 Å². The van der Waals surface area contributed by atoms with Crippen molar-refractivity contribution in [1.82, 2.24) is 4.90 Å². The fraction of sp³-hybridized carbons (Fsp3) is 0.176. The SMILES string of the molecule is O=C(O)C(Cc1ccccc1)N1C(=O)c2ccccc2C1O. The van der Waals surface area contributed by atoms with Crippen LogP contribution in [0.15, 0.2) is 54.6 Å². The molecule has 1 aliphatic rings. The van der Waals surface area contributed by atoms with Crippen LogP contribution < -0.4 is 0 Å².